The van der Waals surface area contributed by atoms with Crippen molar-refractivity contribution >= 4 is 23.2 Å². The van der Waals surface area contributed by atoms with Crippen molar-refractivity contribution in [3.8, 4) is 11.4 Å². The van der Waals surface area contributed by atoms with Gasteiger partial charge >= 0.3 is 0 Å². The van der Waals surface area contributed by atoms with Gasteiger partial charge < -0.3 is 9.47 Å². The molecule has 0 atom stereocenters. The molecule has 1 aromatic heterocycles. The Morgan fingerprint density at radius 2 is 1.69 bits per heavy atom. The van der Waals surface area contributed by atoms with Crippen molar-refractivity contribution in [2.75, 3.05) is 23.7 Å². The molecular formula is C23H28N4OS. The largest absolute Gasteiger partial charge is 0.372 e. The second kappa shape index (κ2) is 10.3. The topological polar surface area (TPSA) is 51.0 Å². The number of carbonyl (C=O) groups excluding carboxylic acids is 1. The summed E-state index contributed by atoms with van der Waals surface area (Å²) in [5.74, 6) is 1.89. The Morgan fingerprint density at radius 3 is 2.34 bits per heavy atom. The Bertz CT molecular complexity index is 918. The van der Waals surface area contributed by atoms with E-state index in [4.69, 9.17) is 0 Å². The fraction of sp³-hybridized carbons (Fsp3) is 0.348. The fourth-order valence-electron chi connectivity index (χ4n) is 3.27. The number of benzene rings is 2. The zero-order valence-electron chi connectivity index (χ0n) is 17.3. The highest BCUT2D eigenvalue weighted by Gasteiger charge is 2.12. The van der Waals surface area contributed by atoms with Crippen LogP contribution in [0.5, 0.6) is 0 Å². The quantitative estimate of drug-likeness (QED) is 0.266. The normalized spacial score (nSPS) is 10.9. The highest BCUT2D eigenvalue weighted by atomic mass is 32.2. The van der Waals surface area contributed by atoms with Crippen molar-refractivity contribution < 1.29 is 4.79 Å². The highest BCUT2D eigenvalue weighted by Crippen LogP contribution is 2.25. The van der Waals surface area contributed by atoms with Gasteiger partial charge in [0.15, 0.2) is 16.8 Å². The van der Waals surface area contributed by atoms with Crippen molar-refractivity contribution in [1.29, 1.82) is 0 Å². The smallest absolute Gasteiger partial charge is 0.191 e. The predicted molar refractivity (Wildman–Crippen MR) is 121 cm³/mol. The van der Waals surface area contributed by atoms with Crippen LogP contribution in [0.4, 0.5) is 5.69 Å². The zero-order valence-corrected chi connectivity index (χ0v) is 18.2. The van der Waals surface area contributed by atoms with Crippen LogP contribution in [0.15, 0.2) is 59.8 Å². The molecule has 3 rings (SSSR count). The van der Waals surface area contributed by atoms with Crippen LogP contribution in [-0.4, -0.2) is 39.4 Å². The summed E-state index contributed by atoms with van der Waals surface area (Å²) in [6, 6.07) is 17.9. The third-order valence-corrected chi connectivity index (χ3v) is 6.07. The van der Waals surface area contributed by atoms with E-state index in [-0.39, 0.29) is 5.78 Å². The maximum atomic E-state index is 12.2. The minimum atomic E-state index is 0.193. The van der Waals surface area contributed by atoms with Crippen LogP contribution in [0.3, 0.4) is 0 Å². The molecule has 0 amide bonds. The van der Waals surface area contributed by atoms with Crippen LogP contribution in [0.2, 0.25) is 0 Å². The van der Waals surface area contributed by atoms with Crippen LogP contribution in [0.25, 0.3) is 11.4 Å². The Labute approximate surface area is 177 Å². The molecule has 0 bridgehead atoms. The lowest BCUT2D eigenvalue weighted by Crippen LogP contribution is -2.21. The molecule has 0 unspecified atom stereocenters. The monoisotopic (exact) mass is 408 g/mol. The summed E-state index contributed by atoms with van der Waals surface area (Å²) in [4.78, 5) is 14.5. The summed E-state index contributed by atoms with van der Waals surface area (Å²) >= 11 is 1.64. The summed E-state index contributed by atoms with van der Waals surface area (Å²) in [7, 11) is 1.99. The van der Waals surface area contributed by atoms with Crippen LogP contribution >= 0.6 is 11.8 Å². The molecule has 6 heteroatoms. The van der Waals surface area contributed by atoms with Gasteiger partial charge in [0, 0.05) is 49.1 Å². The maximum absolute atomic E-state index is 12.2. The molecule has 2 aromatic carbocycles. The van der Waals surface area contributed by atoms with Crippen molar-refractivity contribution in [3.63, 3.8) is 0 Å². The molecule has 3 aromatic rings. The first kappa shape index (κ1) is 21.1. The highest BCUT2D eigenvalue weighted by molar-refractivity contribution is 7.99. The number of carbonyl (C=O) groups is 1. The molecule has 0 N–H and O–H groups in total. The van der Waals surface area contributed by atoms with E-state index in [0.29, 0.717) is 6.42 Å². The number of nitrogens with zero attached hydrogens (tertiary/aromatic N) is 4. The number of thioether (sulfide) groups is 1. The van der Waals surface area contributed by atoms with Gasteiger partial charge in [0.2, 0.25) is 0 Å². The third-order valence-electron chi connectivity index (χ3n) is 4.96. The molecule has 0 radical (unpaired) electrons. The second-order valence-corrected chi connectivity index (χ2v) is 7.89. The van der Waals surface area contributed by atoms with E-state index >= 15 is 0 Å². The van der Waals surface area contributed by atoms with Crippen molar-refractivity contribution in [2.24, 2.45) is 7.05 Å². The minimum absolute atomic E-state index is 0.193. The number of ketones is 1. The van der Waals surface area contributed by atoms with Gasteiger partial charge in [-0.25, -0.2) is 0 Å². The fourth-order valence-corrected chi connectivity index (χ4v) is 4.12. The van der Waals surface area contributed by atoms with E-state index in [0.717, 1.165) is 47.4 Å². The Balaban J connectivity index is 1.56. The Morgan fingerprint density at radius 1 is 1.00 bits per heavy atom. The number of hydrogen-bond donors (Lipinski definition) is 0. The Kier molecular flexibility index (Phi) is 7.47. The van der Waals surface area contributed by atoms with E-state index in [2.05, 4.69) is 53.2 Å². The number of Topliss-reactive ketones (excluding diaryl/α,β-unsaturated/α-hetero) is 1. The van der Waals surface area contributed by atoms with Gasteiger partial charge in [-0.15, -0.1) is 10.2 Å². The van der Waals surface area contributed by atoms with Gasteiger partial charge in [0.05, 0.1) is 0 Å². The lowest BCUT2D eigenvalue weighted by atomic mass is 10.1. The van der Waals surface area contributed by atoms with Crippen molar-refractivity contribution in [3.05, 3.63) is 60.2 Å². The van der Waals surface area contributed by atoms with Crippen LogP contribution in [0, 0.1) is 0 Å². The molecule has 1 heterocycles. The van der Waals surface area contributed by atoms with Crippen molar-refractivity contribution in [1.82, 2.24) is 14.8 Å². The molecule has 29 heavy (non-hydrogen) atoms. The number of anilines is 1. The van der Waals surface area contributed by atoms with E-state index in [1.165, 1.54) is 5.69 Å². The van der Waals surface area contributed by atoms with Crippen LogP contribution in [-0.2, 0) is 7.05 Å². The molecule has 0 fully saturated rings. The molecule has 0 spiro atoms. The third kappa shape index (κ3) is 5.26. The van der Waals surface area contributed by atoms with Gasteiger partial charge in [-0.1, -0.05) is 42.1 Å². The molecule has 0 saturated heterocycles. The lowest BCUT2D eigenvalue weighted by molar-refractivity contribution is 0.0982. The molecule has 0 aliphatic carbocycles. The minimum Gasteiger partial charge on any atom is -0.372 e. The summed E-state index contributed by atoms with van der Waals surface area (Å²) in [5.41, 5.74) is 3.06. The molecule has 152 valence electrons. The SMILES string of the molecule is CCN(CC)c1ccc(-c2nnc(SCCCC(=O)c3ccccc3)n2C)cc1. The van der Waals surface area contributed by atoms with Gasteiger partial charge in [0.25, 0.3) is 0 Å². The van der Waals surface area contributed by atoms with Gasteiger partial charge in [0.1, 0.15) is 0 Å². The van der Waals surface area contributed by atoms with Crippen molar-refractivity contribution in [2.45, 2.75) is 31.8 Å². The first-order valence-corrected chi connectivity index (χ1v) is 11.1. The molecule has 0 aliphatic heterocycles. The summed E-state index contributed by atoms with van der Waals surface area (Å²) in [5, 5.41) is 9.59. The first-order chi connectivity index (χ1) is 14.1. The van der Waals surface area contributed by atoms with Gasteiger partial charge in [-0.2, -0.15) is 0 Å². The number of hydrogen-bond acceptors (Lipinski definition) is 5. The van der Waals surface area contributed by atoms with E-state index in [1.54, 1.807) is 11.8 Å². The maximum Gasteiger partial charge on any atom is 0.191 e. The lowest BCUT2D eigenvalue weighted by Gasteiger charge is -2.21. The number of rotatable bonds is 10. The second-order valence-electron chi connectivity index (χ2n) is 6.83. The molecule has 5 nitrogen and oxygen atoms in total. The Hall–Kier alpha value is -2.60. The predicted octanol–water partition coefficient (Wildman–Crippen LogP) is 5.08. The average Bonchev–Trinajstić information content (AvgIpc) is 3.13. The van der Waals surface area contributed by atoms with E-state index < -0.39 is 0 Å². The summed E-state index contributed by atoms with van der Waals surface area (Å²) in [6.07, 6.45) is 1.37. The van der Waals surface area contributed by atoms with Crippen LogP contribution < -0.4 is 4.90 Å². The summed E-state index contributed by atoms with van der Waals surface area (Å²) < 4.78 is 2.02. The van der Waals surface area contributed by atoms with Crippen LogP contribution in [0.1, 0.15) is 37.0 Å². The standard InChI is InChI=1S/C23H28N4OS/c1-4-27(5-2)20-15-13-19(14-16-20)22-24-25-23(26(22)3)29-17-9-12-21(28)18-10-7-6-8-11-18/h6-8,10-11,13-16H,4-5,9,12,17H2,1-3H3. The zero-order chi connectivity index (χ0) is 20.6. The van der Waals surface area contributed by atoms with E-state index in [1.807, 2.05) is 41.9 Å². The number of aromatic nitrogens is 3. The van der Waals surface area contributed by atoms with E-state index in [9.17, 15) is 4.79 Å². The average molecular weight is 409 g/mol. The summed E-state index contributed by atoms with van der Waals surface area (Å²) in [6.45, 7) is 6.31. The molecule has 0 saturated carbocycles. The molecule has 0 aliphatic rings. The molecular weight excluding hydrogens is 380 g/mol. The van der Waals surface area contributed by atoms with Gasteiger partial charge in [-0.3, -0.25) is 4.79 Å². The first-order valence-electron chi connectivity index (χ1n) is 10.1. The van der Waals surface area contributed by atoms with Gasteiger partial charge in [-0.05, 0) is 44.5 Å².